The summed E-state index contributed by atoms with van der Waals surface area (Å²) >= 11 is 0. The summed E-state index contributed by atoms with van der Waals surface area (Å²) in [6.45, 7) is 4.03. The van der Waals surface area contributed by atoms with Crippen LogP contribution in [0.2, 0.25) is 0 Å². The first-order valence-electron chi connectivity index (χ1n) is 8.71. The number of hydrogen-bond donors (Lipinski definition) is 2. The molecular formula is C19H26N2O2. The second kappa shape index (κ2) is 6.73. The van der Waals surface area contributed by atoms with Gasteiger partial charge < -0.3 is 10.6 Å². The van der Waals surface area contributed by atoms with Crippen LogP contribution in [0.25, 0.3) is 0 Å². The normalized spacial score (nSPS) is 24.1. The fraction of sp³-hybridized carbons (Fsp3) is 0.579. The Labute approximate surface area is 138 Å². The Bertz CT molecular complexity index is 599. The Morgan fingerprint density at radius 1 is 0.913 bits per heavy atom. The Morgan fingerprint density at radius 2 is 1.52 bits per heavy atom. The minimum atomic E-state index is 0.0277. The van der Waals surface area contributed by atoms with Crippen LogP contribution in [0.5, 0.6) is 0 Å². The number of nitrogens with one attached hydrogen (secondary N) is 2. The minimum Gasteiger partial charge on any atom is -0.353 e. The van der Waals surface area contributed by atoms with E-state index in [1.165, 1.54) is 0 Å². The predicted octanol–water partition coefficient (Wildman–Crippen LogP) is 3.33. The van der Waals surface area contributed by atoms with Gasteiger partial charge in [0, 0.05) is 23.6 Å². The summed E-state index contributed by atoms with van der Waals surface area (Å²) in [5.74, 6) is 0.417. The summed E-state index contributed by atoms with van der Waals surface area (Å²) in [7, 11) is 0. The zero-order valence-corrected chi connectivity index (χ0v) is 14.0. The van der Waals surface area contributed by atoms with E-state index in [2.05, 4.69) is 16.7 Å². The number of carbonyl (C=O) groups excluding carboxylic acids is 2. The number of benzene rings is 1. The minimum absolute atomic E-state index is 0.0277. The van der Waals surface area contributed by atoms with E-state index in [-0.39, 0.29) is 23.7 Å². The van der Waals surface area contributed by atoms with Gasteiger partial charge in [0.25, 0.3) is 0 Å². The molecule has 1 aromatic rings. The van der Waals surface area contributed by atoms with Crippen molar-refractivity contribution >= 4 is 17.5 Å². The molecule has 2 saturated carbocycles. The fourth-order valence-electron chi connectivity index (χ4n) is 3.27. The lowest BCUT2D eigenvalue weighted by Crippen LogP contribution is -2.36. The van der Waals surface area contributed by atoms with E-state index in [0.29, 0.717) is 6.04 Å². The molecule has 4 nitrogen and oxygen atoms in total. The van der Waals surface area contributed by atoms with E-state index < -0.39 is 0 Å². The average molecular weight is 314 g/mol. The SMILES string of the molecule is Cc1ccc(C)c(NC(=O)C2CCC(C(=O)NC3CC3)CC2)c1. The summed E-state index contributed by atoms with van der Waals surface area (Å²) in [5, 5.41) is 6.15. The smallest absolute Gasteiger partial charge is 0.227 e. The van der Waals surface area contributed by atoms with Gasteiger partial charge in [-0.05, 0) is 69.6 Å². The third-order valence-corrected chi connectivity index (χ3v) is 5.04. The molecule has 2 aliphatic rings. The zero-order valence-electron chi connectivity index (χ0n) is 14.0. The van der Waals surface area contributed by atoms with Crippen LogP contribution in [-0.2, 0) is 9.59 Å². The molecular weight excluding hydrogens is 288 g/mol. The number of hydrogen-bond acceptors (Lipinski definition) is 2. The molecule has 0 unspecified atom stereocenters. The molecule has 0 spiro atoms. The van der Waals surface area contributed by atoms with Crippen LogP contribution in [0.1, 0.15) is 49.7 Å². The van der Waals surface area contributed by atoms with Crippen LogP contribution in [0, 0.1) is 25.7 Å². The lowest BCUT2D eigenvalue weighted by atomic mass is 9.81. The van der Waals surface area contributed by atoms with Crippen molar-refractivity contribution in [2.75, 3.05) is 5.32 Å². The summed E-state index contributed by atoms with van der Waals surface area (Å²) in [6.07, 6.45) is 5.50. The van der Waals surface area contributed by atoms with Crippen LogP contribution in [0.3, 0.4) is 0 Å². The molecule has 2 N–H and O–H groups in total. The second-order valence-electron chi connectivity index (χ2n) is 7.14. The molecule has 0 atom stereocenters. The van der Waals surface area contributed by atoms with E-state index in [0.717, 1.165) is 55.3 Å². The molecule has 0 bridgehead atoms. The van der Waals surface area contributed by atoms with Crippen LogP contribution in [-0.4, -0.2) is 17.9 Å². The summed E-state index contributed by atoms with van der Waals surface area (Å²) in [6, 6.07) is 6.52. The molecule has 3 rings (SSSR count). The maximum atomic E-state index is 12.5. The van der Waals surface area contributed by atoms with Crippen LogP contribution in [0.4, 0.5) is 5.69 Å². The Morgan fingerprint density at radius 3 is 2.13 bits per heavy atom. The van der Waals surface area contributed by atoms with Gasteiger partial charge in [-0.3, -0.25) is 9.59 Å². The Hall–Kier alpha value is -1.84. The van der Waals surface area contributed by atoms with Crippen LogP contribution >= 0.6 is 0 Å². The van der Waals surface area contributed by atoms with Crippen molar-refractivity contribution in [1.29, 1.82) is 0 Å². The molecule has 2 aliphatic carbocycles. The van der Waals surface area contributed by atoms with Gasteiger partial charge in [-0.2, -0.15) is 0 Å². The average Bonchev–Trinajstić information content (AvgIpc) is 3.35. The standard InChI is InChI=1S/C19H26N2O2/c1-12-3-4-13(2)17(11-12)21-19(23)15-7-5-14(6-8-15)18(22)20-16-9-10-16/h3-4,11,14-16H,5-10H2,1-2H3,(H,20,22)(H,21,23). The first-order chi connectivity index (χ1) is 11.0. The summed E-state index contributed by atoms with van der Waals surface area (Å²) in [4.78, 5) is 24.6. The molecule has 0 saturated heterocycles. The van der Waals surface area contributed by atoms with Crippen LogP contribution in [0.15, 0.2) is 18.2 Å². The van der Waals surface area contributed by atoms with Gasteiger partial charge in [0.2, 0.25) is 11.8 Å². The molecule has 124 valence electrons. The van der Waals surface area contributed by atoms with E-state index in [1.54, 1.807) is 0 Å². The third-order valence-electron chi connectivity index (χ3n) is 5.04. The van der Waals surface area contributed by atoms with E-state index in [4.69, 9.17) is 0 Å². The highest BCUT2D eigenvalue weighted by atomic mass is 16.2. The highest BCUT2D eigenvalue weighted by Gasteiger charge is 2.32. The van der Waals surface area contributed by atoms with E-state index in [1.807, 2.05) is 26.0 Å². The largest absolute Gasteiger partial charge is 0.353 e. The fourth-order valence-corrected chi connectivity index (χ4v) is 3.27. The monoisotopic (exact) mass is 314 g/mol. The van der Waals surface area contributed by atoms with Crippen molar-refractivity contribution in [3.63, 3.8) is 0 Å². The van der Waals surface area contributed by atoms with Crippen molar-refractivity contribution in [2.45, 2.75) is 58.4 Å². The number of aryl methyl sites for hydroxylation is 2. The van der Waals surface area contributed by atoms with Gasteiger partial charge in [-0.15, -0.1) is 0 Å². The molecule has 0 aliphatic heterocycles. The van der Waals surface area contributed by atoms with Crippen molar-refractivity contribution in [2.24, 2.45) is 11.8 Å². The molecule has 4 heteroatoms. The number of rotatable bonds is 4. The molecule has 1 aromatic carbocycles. The highest BCUT2D eigenvalue weighted by molar-refractivity contribution is 5.93. The maximum Gasteiger partial charge on any atom is 0.227 e. The molecule has 2 fully saturated rings. The lowest BCUT2D eigenvalue weighted by Gasteiger charge is -2.27. The maximum absolute atomic E-state index is 12.5. The van der Waals surface area contributed by atoms with Crippen molar-refractivity contribution in [1.82, 2.24) is 5.32 Å². The zero-order chi connectivity index (χ0) is 16.4. The molecule has 0 heterocycles. The Balaban J connectivity index is 1.51. The van der Waals surface area contributed by atoms with Gasteiger partial charge in [0.15, 0.2) is 0 Å². The van der Waals surface area contributed by atoms with Gasteiger partial charge in [0.05, 0.1) is 0 Å². The van der Waals surface area contributed by atoms with Gasteiger partial charge in [0.1, 0.15) is 0 Å². The summed E-state index contributed by atoms with van der Waals surface area (Å²) < 4.78 is 0. The van der Waals surface area contributed by atoms with Gasteiger partial charge >= 0.3 is 0 Å². The van der Waals surface area contributed by atoms with Gasteiger partial charge in [-0.25, -0.2) is 0 Å². The summed E-state index contributed by atoms with van der Waals surface area (Å²) in [5.41, 5.74) is 3.14. The first kappa shape index (κ1) is 16.0. The predicted molar refractivity (Wildman–Crippen MR) is 91.2 cm³/mol. The molecule has 0 aromatic heterocycles. The Kier molecular flexibility index (Phi) is 4.69. The molecule has 23 heavy (non-hydrogen) atoms. The van der Waals surface area contributed by atoms with Crippen LogP contribution < -0.4 is 10.6 Å². The number of carbonyl (C=O) groups is 2. The van der Waals surface area contributed by atoms with Crippen molar-refractivity contribution < 1.29 is 9.59 Å². The first-order valence-corrected chi connectivity index (χ1v) is 8.71. The second-order valence-corrected chi connectivity index (χ2v) is 7.14. The van der Waals surface area contributed by atoms with E-state index >= 15 is 0 Å². The molecule has 0 radical (unpaired) electrons. The van der Waals surface area contributed by atoms with E-state index in [9.17, 15) is 9.59 Å². The number of amides is 2. The topological polar surface area (TPSA) is 58.2 Å². The number of anilines is 1. The molecule has 2 amide bonds. The lowest BCUT2D eigenvalue weighted by molar-refractivity contribution is -0.128. The quantitative estimate of drug-likeness (QED) is 0.895. The van der Waals surface area contributed by atoms with Crippen molar-refractivity contribution in [3.8, 4) is 0 Å². The highest BCUT2D eigenvalue weighted by Crippen LogP contribution is 2.31. The van der Waals surface area contributed by atoms with Gasteiger partial charge in [-0.1, -0.05) is 12.1 Å². The third kappa shape index (κ3) is 4.12. The van der Waals surface area contributed by atoms with Crippen molar-refractivity contribution in [3.05, 3.63) is 29.3 Å².